The Hall–Kier alpha value is -5.78. The van der Waals surface area contributed by atoms with Crippen LogP contribution in [0.5, 0.6) is 0 Å². The molecule has 2 aliphatic heterocycles. The van der Waals surface area contributed by atoms with Crippen molar-refractivity contribution in [2.24, 2.45) is 5.14 Å². The van der Waals surface area contributed by atoms with Crippen LogP contribution in [0, 0.1) is 13.8 Å². The van der Waals surface area contributed by atoms with Gasteiger partial charge in [-0.05, 0) is 74.9 Å². The van der Waals surface area contributed by atoms with Gasteiger partial charge in [-0.15, -0.1) is 0 Å². The van der Waals surface area contributed by atoms with Gasteiger partial charge in [-0.2, -0.15) is 0 Å². The largest absolute Gasteiger partial charge is 0.480 e. The molecule has 0 aliphatic carbocycles. The number of nitrogens with two attached hydrogens (primary N) is 1. The van der Waals surface area contributed by atoms with Crippen molar-refractivity contribution in [3.8, 4) is 0 Å². The van der Waals surface area contributed by atoms with Crippen LogP contribution in [-0.4, -0.2) is 81.0 Å². The Morgan fingerprint density at radius 3 is 1.47 bits per heavy atom. The number of rotatable bonds is 9. The van der Waals surface area contributed by atoms with Crippen LogP contribution in [0.15, 0.2) is 119 Å². The zero-order valence-corrected chi connectivity index (χ0v) is 33.2. The number of ether oxygens (including phenoxy) is 2. The number of carboxylic acids is 1. The number of carbonyl (C=O) groups is 4. The van der Waals surface area contributed by atoms with E-state index in [-0.39, 0.29) is 23.0 Å². The van der Waals surface area contributed by atoms with Crippen molar-refractivity contribution in [3.63, 3.8) is 0 Å². The van der Waals surface area contributed by atoms with Gasteiger partial charge in [0.25, 0.3) is 15.9 Å². The monoisotopic (exact) mass is 822 g/mol. The molecular formula is C40H46N4O11S2. The summed E-state index contributed by atoms with van der Waals surface area (Å²) in [4.78, 5) is 50.4. The van der Waals surface area contributed by atoms with Gasteiger partial charge in [0.1, 0.15) is 25.3 Å². The molecule has 4 aromatic rings. The number of carboxylic acid groups (broad SMARTS) is 1. The molecule has 2 saturated heterocycles. The number of nitrogens with one attached hydrogen (secondary N) is 1. The SMILES string of the molecule is Cc1ccc(S(=O)(=O)NC(=O)[C@@H]2CCCN2C(=O)OCc2ccccc2)cc1.Cc1ccc(S(N)(=O)=O)cc1.O=C(O)[C@@H]1CCCN1C(=O)OCc1ccccc1. The van der Waals surface area contributed by atoms with E-state index in [1.54, 1.807) is 24.3 Å². The number of likely N-dealkylation sites (tertiary alicyclic amines) is 2. The molecule has 2 heterocycles. The minimum atomic E-state index is -4.00. The first-order chi connectivity index (χ1) is 27.0. The van der Waals surface area contributed by atoms with Crippen molar-refractivity contribution in [3.05, 3.63) is 131 Å². The Labute approximate surface area is 332 Å². The number of aliphatic carboxylic acids is 1. The van der Waals surface area contributed by atoms with Crippen molar-refractivity contribution >= 4 is 44.1 Å². The van der Waals surface area contributed by atoms with E-state index in [2.05, 4.69) is 4.72 Å². The van der Waals surface area contributed by atoms with Crippen LogP contribution in [0.1, 0.15) is 47.9 Å². The average molecular weight is 823 g/mol. The predicted octanol–water partition coefficient (Wildman–Crippen LogP) is 5.12. The maximum absolute atomic E-state index is 12.6. The van der Waals surface area contributed by atoms with Crippen LogP contribution in [-0.2, 0) is 52.3 Å². The normalized spacial score (nSPS) is 16.3. The van der Waals surface area contributed by atoms with E-state index in [9.17, 15) is 36.0 Å². The third-order valence-electron chi connectivity index (χ3n) is 8.89. The molecule has 17 heteroatoms. The number of benzene rings is 4. The summed E-state index contributed by atoms with van der Waals surface area (Å²) in [7, 11) is -7.52. The fourth-order valence-corrected chi connectivity index (χ4v) is 7.34. The molecule has 4 aromatic carbocycles. The van der Waals surface area contributed by atoms with E-state index in [4.69, 9.17) is 19.7 Å². The Bertz CT molecular complexity index is 2190. The lowest BCUT2D eigenvalue weighted by atomic mass is 10.2. The van der Waals surface area contributed by atoms with Gasteiger partial charge < -0.3 is 14.6 Å². The number of hydrogen-bond acceptors (Lipinski definition) is 10. The van der Waals surface area contributed by atoms with Crippen molar-refractivity contribution < 1.29 is 50.6 Å². The van der Waals surface area contributed by atoms with Crippen LogP contribution < -0.4 is 9.86 Å². The van der Waals surface area contributed by atoms with Crippen LogP contribution in [0.3, 0.4) is 0 Å². The smallest absolute Gasteiger partial charge is 0.410 e. The molecule has 0 unspecified atom stereocenters. The summed E-state index contributed by atoms with van der Waals surface area (Å²) in [6.07, 6.45) is 1.00. The van der Waals surface area contributed by atoms with Crippen LogP contribution in [0.4, 0.5) is 9.59 Å². The zero-order chi connectivity index (χ0) is 41.6. The van der Waals surface area contributed by atoms with Crippen molar-refractivity contribution in [1.82, 2.24) is 14.5 Å². The lowest BCUT2D eigenvalue weighted by molar-refractivity contribution is -0.141. The summed E-state index contributed by atoms with van der Waals surface area (Å²) >= 11 is 0. The van der Waals surface area contributed by atoms with Gasteiger partial charge in [0.05, 0.1) is 9.79 Å². The molecule has 3 amide bonds. The number of amides is 3. The minimum Gasteiger partial charge on any atom is -0.480 e. The number of nitrogens with zero attached hydrogens (tertiary/aromatic N) is 2. The Kier molecular flexibility index (Phi) is 15.7. The molecule has 0 saturated carbocycles. The minimum absolute atomic E-state index is 0.00245. The summed E-state index contributed by atoms with van der Waals surface area (Å²) in [5.41, 5.74) is 3.64. The maximum atomic E-state index is 12.6. The van der Waals surface area contributed by atoms with E-state index < -0.39 is 56.2 Å². The van der Waals surface area contributed by atoms with Gasteiger partial charge in [-0.1, -0.05) is 96.1 Å². The Morgan fingerprint density at radius 2 is 1.05 bits per heavy atom. The van der Waals surface area contributed by atoms with E-state index in [1.165, 1.54) is 34.1 Å². The molecule has 2 atom stereocenters. The van der Waals surface area contributed by atoms with Gasteiger partial charge in [0, 0.05) is 13.1 Å². The molecule has 6 rings (SSSR count). The standard InChI is InChI=1S/C20H22N2O5S.C13H15NO4.C7H9NO2S/c1-15-9-11-17(12-10-15)28(25,26)21-19(23)18-8-5-13-22(18)20(24)27-14-16-6-3-2-4-7-16;15-12(16)11-7-4-8-14(11)13(17)18-9-10-5-2-1-3-6-10;1-6-2-4-7(5-3-6)11(8,9)10/h2-4,6-7,9-12,18H,5,8,13-14H2,1H3,(H,21,23);1-3,5-6,11H,4,7-9H2,(H,15,16);2-5H,1H3,(H2,8,9,10)/t18-;11-;/m00./s1. The van der Waals surface area contributed by atoms with Crippen molar-refractivity contribution in [1.29, 1.82) is 0 Å². The van der Waals surface area contributed by atoms with Crippen LogP contribution in [0.25, 0.3) is 0 Å². The Morgan fingerprint density at radius 1 is 0.649 bits per heavy atom. The van der Waals surface area contributed by atoms with Gasteiger partial charge in [-0.3, -0.25) is 14.6 Å². The first-order valence-corrected chi connectivity index (χ1v) is 21.0. The van der Waals surface area contributed by atoms with E-state index in [0.29, 0.717) is 38.8 Å². The highest BCUT2D eigenvalue weighted by Crippen LogP contribution is 2.21. The average Bonchev–Trinajstić information content (AvgIpc) is 3.89. The second-order valence-corrected chi connectivity index (χ2v) is 16.5. The van der Waals surface area contributed by atoms with Gasteiger partial charge in [0.15, 0.2) is 0 Å². The highest BCUT2D eigenvalue weighted by Gasteiger charge is 2.37. The summed E-state index contributed by atoms with van der Waals surface area (Å²) in [6.45, 7) is 4.77. The van der Waals surface area contributed by atoms with Crippen molar-refractivity contribution in [2.75, 3.05) is 13.1 Å². The molecule has 0 bridgehead atoms. The molecule has 57 heavy (non-hydrogen) atoms. The second-order valence-electron chi connectivity index (χ2n) is 13.3. The molecule has 0 spiro atoms. The fraction of sp³-hybridized carbons (Fsp3) is 0.300. The fourth-order valence-electron chi connectivity index (χ4n) is 5.81. The van der Waals surface area contributed by atoms with Crippen LogP contribution >= 0.6 is 0 Å². The summed E-state index contributed by atoms with van der Waals surface area (Å²) in [5.74, 6) is -1.70. The first kappa shape index (κ1) is 43.9. The van der Waals surface area contributed by atoms with Gasteiger partial charge in [0.2, 0.25) is 10.0 Å². The summed E-state index contributed by atoms with van der Waals surface area (Å²) in [6, 6.07) is 29.5. The summed E-state index contributed by atoms with van der Waals surface area (Å²) in [5, 5.41) is 13.8. The van der Waals surface area contributed by atoms with Crippen molar-refractivity contribution in [2.45, 2.75) is 74.6 Å². The summed E-state index contributed by atoms with van der Waals surface area (Å²) < 4.78 is 58.8. The molecule has 2 aliphatic rings. The Balaban J connectivity index is 0.000000211. The number of primary sulfonamides is 1. The number of aryl methyl sites for hydroxylation is 2. The predicted molar refractivity (Wildman–Crippen MR) is 209 cm³/mol. The molecular weight excluding hydrogens is 777 g/mol. The third-order valence-corrected chi connectivity index (χ3v) is 11.2. The third kappa shape index (κ3) is 13.4. The first-order valence-electron chi connectivity index (χ1n) is 18.0. The second kappa shape index (κ2) is 20.4. The molecule has 2 fully saturated rings. The molecule has 4 N–H and O–H groups in total. The van der Waals surface area contributed by atoms with Gasteiger partial charge in [-0.25, -0.2) is 41.1 Å². The van der Waals surface area contributed by atoms with E-state index in [0.717, 1.165) is 22.3 Å². The lowest BCUT2D eigenvalue weighted by Crippen LogP contribution is -2.47. The number of hydrogen-bond donors (Lipinski definition) is 3. The van der Waals surface area contributed by atoms with Crippen LogP contribution in [0.2, 0.25) is 0 Å². The molecule has 304 valence electrons. The maximum Gasteiger partial charge on any atom is 0.410 e. The van der Waals surface area contributed by atoms with Gasteiger partial charge >= 0.3 is 18.2 Å². The molecule has 15 nitrogen and oxygen atoms in total. The highest BCUT2D eigenvalue weighted by atomic mass is 32.2. The number of sulfonamides is 2. The van der Waals surface area contributed by atoms with E-state index >= 15 is 0 Å². The number of carbonyl (C=O) groups excluding carboxylic acids is 3. The molecule has 0 aromatic heterocycles. The topological polar surface area (TPSA) is 220 Å². The zero-order valence-electron chi connectivity index (χ0n) is 31.5. The van der Waals surface area contributed by atoms with E-state index in [1.807, 2.05) is 74.5 Å². The molecule has 0 radical (unpaired) electrons. The highest BCUT2D eigenvalue weighted by molar-refractivity contribution is 7.90. The quantitative estimate of drug-likeness (QED) is 0.201. The lowest BCUT2D eigenvalue weighted by Gasteiger charge is -2.23.